The standard InChI is InChI=1S/C36H40N3O8P/c1-24-21-38(35(41)37-34(24)40)33-20-31(47-48-39-19-7-10-28(39)22-45-48)32(46-33)23-44-36(25-8-5-4-6-9-25,26-11-15-29(42-2)16-12-26)27-13-17-30(43-3)18-14-27/h4-6,8-9,11-18,21,28,31-33H,7,10,19-20,22-23H2,1-3H3,(H,37,40,41)/t28-,31-,32+,33+,48?/m0/s1. The van der Waals surface area contributed by atoms with Gasteiger partial charge in [0.25, 0.3) is 14.1 Å². The van der Waals surface area contributed by atoms with E-state index in [9.17, 15) is 9.59 Å². The summed E-state index contributed by atoms with van der Waals surface area (Å²) in [6.07, 6.45) is 2.44. The molecule has 0 amide bonds. The van der Waals surface area contributed by atoms with Gasteiger partial charge in [0, 0.05) is 30.8 Å². The third-order valence-corrected chi connectivity index (χ3v) is 11.2. The van der Waals surface area contributed by atoms with Crippen LogP contribution in [-0.4, -0.2) is 66.4 Å². The number of aromatic nitrogens is 2. The average molecular weight is 674 g/mol. The van der Waals surface area contributed by atoms with E-state index >= 15 is 0 Å². The molecule has 11 nitrogen and oxygen atoms in total. The summed E-state index contributed by atoms with van der Waals surface area (Å²) in [6.45, 7) is 3.37. The van der Waals surface area contributed by atoms with Gasteiger partial charge in [0.1, 0.15) is 29.4 Å². The topological polar surface area (TPSA) is 113 Å². The van der Waals surface area contributed by atoms with Crippen molar-refractivity contribution in [2.45, 2.75) is 56.3 Å². The van der Waals surface area contributed by atoms with Gasteiger partial charge in [0.15, 0.2) is 0 Å². The van der Waals surface area contributed by atoms with Crippen molar-refractivity contribution in [3.05, 3.63) is 128 Å². The number of hydrogen-bond acceptors (Lipinski definition) is 9. The first-order valence-electron chi connectivity index (χ1n) is 16.2. The number of methoxy groups -OCH3 is 2. The fourth-order valence-electron chi connectivity index (χ4n) is 6.85. The highest BCUT2D eigenvalue weighted by Gasteiger charge is 2.47. The number of fused-ring (bicyclic) bond motifs is 1. The van der Waals surface area contributed by atoms with E-state index in [0.717, 1.165) is 47.6 Å². The maximum atomic E-state index is 13.0. The van der Waals surface area contributed by atoms with Crippen LogP contribution in [-0.2, 0) is 24.1 Å². The number of aryl methyl sites for hydroxylation is 1. The second kappa shape index (κ2) is 14.0. The second-order valence-corrected chi connectivity index (χ2v) is 13.8. The fourth-order valence-corrected chi connectivity index (χ4v) is 8.69. The van der Waals surface area contributed by atoms with Crippen LogP contribution in [0.3, 0.4) is 0 Å². The molecule has 3 aliphatic heterocycles. The summed E-state index contributed by atoms with van der Waals surface area (Å²) in [5, 5.41) is 0. The van der Waals surface area contributed by atoms with Gasteiger partial charge < -0.3 is 28.0 Å². The maximum Gasteiger partial charge on any atom is 0.330 e. The van der Waals surface area contributed by atoms with Crippen molar-refractivity contribution in [3.63, 3.8) is 0 Å². The van der Waals surface area contributed by atoms with E-state index in [1.165, 1.54) is 4.57 Å². The normalized spacial score (nSPS) is 24.1. The maximum absolute atomic E-state index is 13.0. The largest absolute Gasteiger partial charge is 0.497 e. The third kappa shape index (κ3) is 6.22. The molecule has 0 spiro atoms. The monoisotopic (exact) mass is 673 g/mol. The predicted octanol–water partition coefficient (Wildman–Crippen LogP) is 5.27. The predicted molar refractivity (Wildman–Crippen MR) is 180 cm³/mol. The van der Waals surface area contributed by atoms with E-state index in [2.05, 4.69) is 9.65 Å². The van der Waals surface area contributed by atoms with Crippen molar-refractivity contribution in [1.29, 1.82) is 0 Å². The number of aromatic amines is 1. The van der Waals surface area contributed by atoms with Crippen LogP contribution < -0.4 is 20.7 Å². The van der Waals surface area contributed by atoms with Crippen LogP contribution in [0, 0.1) is 6.92 Å². The van der Waals surface area contributed by atoms with Crippen LogP contribution in [0.15, 0.2) is 94.6 Å². The molecule has 0 radical (unpaired) electrons. The van der Waals surface area contributed by atoms with Gasteiger partial charge in [0.05, 0.1) is 33.5 Å². The van der Waals surface area contributed by atoms with E-state index in [4.69, 9.17) is 28.0 Å². The van der Waals surface area contributed by atoms with Crippen molar-refractivity contribution < 1.29 is 28.0 Å². The van der Waals surface area contributed by atoms with Crippen LogP contribution in [0.25, 0.3) is 0 Å². The second-order valence-electron chi connectivity index (χ2n) is 12.3. The lowest BCUT2D eigenvalue weighted by Crippen LogP contribution is -2.38. The minimum atomic E-state index is -1.29. The Morgan fingerprint density at radius 3 is 2.21 bits per heavy atom. The Hall–Kier alpha value is -3.83. The van der Waals surface area contributed by atoms with Gasteiger partial charge >= 0.3 is 5.69 Å². The minimum Gasteiger partial charge on any atom is -0.497 e. The Morgan fingerprint density at radius 2 is 1.56 bits per heavy atom. The fraction of sp³-hybridized carbons (Fsp3) is 0.389. The molecule has 0 bridgehead atoms. The molecule has 0 aliphatic carbocycles. The van der Waals surface area contributed by atoms with Crippen molar-refractivity contribution in [2.75, 3.05) is 34.0 Å². The van der Waals surface area contributed by atoms with Gasteiger partial charge in [0.2, 0.25) is 0 Å². The summed E-state index contributed by atoms with van der Waals surface area (Å²) in [5.74, 6) is 1.46. The van der Waals surface area contributed by atoms with Gasteiger partial charge in [-0.1, -0.05) is 54.6 Å². The molecule has 3 aliphatic rings. The Labute approximate surface area is 280 Å². The number of ether oxygens (including phenoxy) is 4. The number of hydrogen-bond donors (Lipinski definition) is 1. The first kappa shape index (κ1) is 32.7. The third-order valence-electron chi connectivity index (χ3n) is 9.43. The number of rotatable bonds is 11. The number of nitrogens with one attached hydrogen (secondary N) is 1. The highest BCUT2D eigenvalue weighted by Crippen LogP contribution is 2.55. The SMILES string of the molecule is COc1ccc(C(OC[C@H]2O[C@@H](n3cc(C)c(=O)[nH]c3=O)C[C@@H]2OP2OC[C@@H]3CCCN32)(c2ccccc2)c2ccc(OC)cc2)cc1. The van der Waals surface area contributed by atoms with Gasteiger partial charge in [-0.25, -0.2) is 9.46 Å². The number of benzene rings is 3. The molecule has 5 atom stereocenters. The lowest BCUT2D eigenvalue weighted by atomic mass is 9.80. The molecule has 7 rings (SSSR count). The van der Waals surface area contributed by atoms with Crippen LogP contribution in [0.4, 0.5) is 0 Å². The summed E-state index contributed by atoms with van der Waals surface area (Å²) in [7, 11) is 2.00. The molecule has 3 aromatic carbocycles. The molecule has 1 unspecified atom stereocenters. The molecule has 48 heavy (non-hydrogen) atoms. The highest BCUT2D eigenvalue weighted by molar-refractivity contribution is 7.44. The molecule has 4 heterocycles. The smallest absolute Gasteiger partial charge is 0.330 e. The Balaban J connectivity index is 1.27. The zero-order chi connectivity index (χ0) is 33.3. The van der Waals surface area contributed by atoms with E-state index < -0.39 is 43.8 Å². The summed E-state index contributed by atoms with van der Waals surface area (Å²) >= 11 is 0. The van der Waals surface area contributed by atoms with E-state index in [-0.39, 0.29) is 6.61 Å². The van der Waals surface area contributed by atoms with Crippen LogP contribution in [0.2, 0.25) is 0 Å². The first-order chi connectivity index (χ1) is 23.4. The zero-order valence-electron chi connectivity index (χ0n) is 27.2. The first-order valence-corrected chi connectivity index (χ1v) is 17.3. The van der Waals surface area contributed by atoms with E-state index in [0.29, 0.717) is 24.6 Å². The van der Waals surface area contributed by atoms with E-state index in [1.807, 2.05) is 78.9 Å². The quantitative estimate of drug-likeness (QED) is 0.168. The van der Waals surface area contributed by atoms with Gasteiger partial charge in [-0.15, -0.1) is 0 Å². The Kier molecular flexibility index (Phi) is 9.51. The van der Waals surface area contributed by atoms with Gasteiger partial charge in [-0.3, -0.25) is 14.3 Å². The minimum absolute atomic E-state index is 0.123. The molecular weight excluding hydrogens is 633 g/mol. The molecular formula is C36H40N3O8P. The van der Waals surface area contributed by atoms with Crippen molar-refractivity contribution in [2.24, 2.45) is 0 Å². The van der Waals surface area contributed by atoms with Crippen LogP contribution in [0.5, 0.6) is 11.5 Å². The lowest BCUT2D eigenvalue weighted by Gasteiger charge is -2.37. The van der Waals surface area contributed by atoms with Crippen molar-refractivity contribution >= 4 is 8.53 Å². The number of nitrogens with zero attached hydrogens (tertiary/aromatic N) is 2. The highest BCUT2D eigenvalue weighted by atomic mass is 31.2. The van der Waals surface area contributed by atoms with Crippen LogP contribution >= 0.6 is 8.53 Å². The number of H-pyrrole nitrogens is 1. The lowest BCUT2D eigenvalue weighted by molar-refractivity contribution is -0.0919. The molecule has 4 aromatic rings. The van der Waals surface area contributed by atoms with E-state index in [1.54, 1.807) is 27.3 Å². The molecule has 0 saturated carbocycles. The molecule has 3 fully saturated rings. The Bertz CT molecular complexity index is 1770. The van der Waals surface area contributed by atoms with Crippen LogP contribution in [0.1, 0.15) is 47.7 Å². The summed E-state index contributed by atoms with van der Waals surface area (Å²) in [5.41, 5.74) is 1.10. The van der Waals surface area contributed by atoms with Gasteiger partial charge in [-0.2, -0.15) is 0 Å². The molecule has 252 valence electrons. The Morgan fingerprint density at radius 1 is 0.917 bits per heavy atom. The van der Waals surface area contributed by atoms with Crippen molar-refractivity contribution in [3.8, 4) is 11.5 Å². The summed E-state index contributed by atoms with van der Waals surface area (Å²) in [6, 6.07) is 26.1. The molecule has 3 saturated heterocycles. The van der Waals surface area contributed by atoms with Gasteiger partial charge in [-0.05, 0) is 60.7 Å². The molecule has 1 N–H and O–H groups in total. The summed E-state index contributed by atoms with van der Waals surface area (Å²) in [4.78, 5) is 27.6. The molecule has 1 aromatic heterocycles. The average Bonchev–Trinajstić information content (AvgIpc) is 3.85. The molecule has 12 heteroatoms. The van der Waals surface area contributed by atoms with Crippen molar-refractivity contribution in [1.82, 2.24) is 14.2 Å². The zero-order valence-corrected chi connectivity index (χ0v) is 28.1. The summed E-state index contributed by atoms with van der Waals surface area (Å²) < 4.78 is 41.4.